The van der Waals surface area contributed by atoms with Crippen molar-refractivity contribution in [1.82, 2.24) is 0 Å². The Kier molecular flexibility index (Phi) is 6.08. The first-order chi connectivity index (χ1) is 13.4. The molecule has 1 aromatic heterocycles. The van der Waals surface area contributed by atoms with Gasteiger partial charge in [0.1, 0.15) is 10.8 Å². The van der Waals surface area contributed by atoms with Crippen LogP contribution in [0.3, 0.4) is 0 Å². The number of esters is 1. The number of aliphatic carboxylic acids is 1. The van der Waals surface area contributed by atoms with Crippen LogP contribution in [0.25, 0.3) is 0 Å². The standard InChI is InChI=1S/C20H20FNO5S/c1-2-27-20(26)17-15(12-3-4-12)10-28-18(17)22-16(23)9-14(19(24)25)11-5-7-13(21)8-6-11/h5-8,10,12,14H,2-4,9H2,1H3,(H,22,23)(H,24,25). The molecule has 0 saturated heterocycles. The van der Waals surface area contributed by atoms with E-state index in [1.54, 1.807) is 6.92 Å². The summed E-state index contributed by atoms with van der Waals surface area (Å²) in [5.74, 6) is -3.51. The van der Waals surface area contributed by atoms with Crippen LogP contribution in [0.15, 0.2) is 29.6 Å². The Labute approximate surface area is 165 Å². The van der Waals surface area contributed by atoms with Crippen molar-refractivity contribution in [2.24, 2.45) is 0 Å². The molecule has 1 unspecified atom stereocenters. The molecule has 0 spiro atoms. The van der Waals surface area contributed by atoms with Gasteiger partial charge in [-0.1, -0.05) is 12.1 Å². The van der Waals surface area contributed by atoms with Crippen LogP contribution in [0.5, 0.6) is 0 Å². The van der Waals surface area contributed by atoms with Gasteiger partial charge in [-0.05, 0) is 54.3 Å². The molecule has 148 valence electrons. The maximum atomic E-state index is 13.1. The summed E-state index contributed by atoms with van der Waals surface area (Å²) in [6.45, 7) is 1.93. The van der Waals surface area contributed by atoms with Crippen molar-refractivity contribution < 1.29 is 28.6 Å². The monoisotopic (exact) mass is 405 g/mol. The van der Waals surface area contributed by atoms with Crippen molar-refractivity contribution in [2.45, 2.75) is 38.0 Å². The van der Waals surface area contributed by atoms with E-state index in [1.807, 2.05) is 5.38 Å². The van der Waals surface area contributed by atoms with Gasteiger partial charge in [-0.2, -0.15) is 0 Å². The second-order valence-corrected chi connectivity index (χ2v) is 7.46. The molecule has 0 aliphatic heterocycles. The van der Waals surface area contributed by atoms with Gasteiger partial charge in [-0.3, -0.25) is 9.59 Å². The van der Waals surface area contributed by atoms with Crippen LogP contribution >= 0.6 is 11.3 Å². The molecule has 1 aliphatic carbocycles. The number of nitrogens with one attached hydrogen (secondary N) is 1. The summed E-state index contributed by atoms with van der Waals surface area (Å²) in [5.41, 5.74) is 1.56. The number of hydrogen-bond acceptors (Lipinski definition) is 5. The van der Waals surface area contributed by atoms with E-state index in [4.69, 9.17) is 4.74 Å². The van der Waals surface area contributed by atoms with Crippen LogP contribution in [0, 0.1) is 5.82 Å². The number of thiophene rings is 1. The number of halogens is 1. The summed E-state index contributed by atoms with van der Waals surface area (Å²) < 4.78 is 18.2. The SMILES string of the molecule is CCOC(=O)c1c(C2CC2)csc1NC(=O)CC(C(=O)O)c1ccc(F)cc1. The predicted octanol–water partition coefficient (Wildman–Crippen LogP) is 4.14. The molecular weight excluding hydrogens is 385 g/mol. The zero-order chi connectivity index (χ0) is 20.3. The first-order valence-corrected chi connectivity index (χ1v) is 9.85. The van der Waals surface area contributed by atoms with Crippen molar-refractivity contribution in [1.29, 1.82) is 0 Å². The highest BCUT2D eigenvalue weighted by Gasteiger charge is 2.33. The molecule has 28 heavy (non-hydrogen) atoms. The molecule has 0 radical (unpaired) electrons. The Morgan fingerprint density at radius 2 is 1.96 bits per heavy atom. The number of carbonyl (C=O) groups excluding carboxylic acids is 2. The van der Waals surface area contributed by atoms with Crippen LogP contribution in [0.1, 0.15) is 59.5 Å². The lowest BCUT2D eigenvalue weighted by Gasteiger charge is -2.13. The van der Waals surface area contributed by atoms with Crippen LogP contribution in [-0.4, -0.2) is 29.6 Å². The lowest BCUT2D eigenvalue weighted by molar-refractivity contribution is -0.140. The molecule has 2 N–H and O–H groups in total. The van der Waals surface area contributed by atoms with Gasteiger partial charge >= 0.3 is 11.9 Å². The molecular formula is C20H20FNO5S. The van der Waals surface area contributed by atoms with E-state index in [-0.39, 0.29) is 13.0 Å². The number of carbonyl (C=O) groups is 3. The third-order valence-corrected chi connectivity index (χ3v) is 5.44. The predicted molar refractivity (Wildman–Crippen MR) is 102 cm³/mol. The van der Waals surface area contributed by atoms with Crippen LogP contribution < -0.4 is 5.32 Å². The number of rotatable bonds is 8. The fourth-order valence-electron chi connectivity index (χ4n) is 2.98. The molecule has 3 rings (SSSR count). The fourth-order valence-corrected chi connectivity index (χ4v) is 4.02. The van der Waals surface area contributed by atoms with Crippen LogP contribution in [0.4, 0.5) is 9.39 Å². The highest BCUT2D eigenvalue weighted by atomic mass is 32.1. The topological polar surface area (TPSA) is 92.7 Å². The normalized spacial score (nSPS) is 14.4. The molecule has 1 aliphatic rings. The van der Waals surface area contributed by atoms with Crippen molar-refractivity contribution in [3.05, 3.63) is 52.2 Å². The summed E-state index contributed by atoms with van der Waals surface area (Å²) >= 11 is 1.23. The summed E-state index contributed by atoms with van der Waals surface area (Å²) in [4.78, 5) is 36.4. The summed E-state index contributed by atoms with van der Waals surface area (Å²) in [5, 5.41) is 14.3. The number of anilines is 1. The Morgan fingerprint density at radius 1 is 1.29 bits per heavy atom. The lowest BCUT2D eigenvalue weighted by Crippen LogP contribution is -2.21. The second-order valence-electron chi connectivity index (χ2n) is 6.58. The average Bonchev–Trinajstić information content (AvgIpc) is 3.41. The molecule has 8 heteroatoms. The quantitative estimate of drug-likeness (QED) is 0.644. The van der Waals surface area contributed by atoms with Gasteiger partial charge in [0.15, 0.2) is 0 Å². The van der Waals surface area contributed by atoms with E-state index in [2.05, 4.69) is 5.32 Å². The molecule has 6 nitrogen and oxygen atoms in total. The second kappa shape index (κ2) is 8.52. The van der Waals surface area contributed by atoms with Crippen molar-refractivity contribution in [3.63, 3.8) is 0 Å². The molecule has 1 saturated carbocycles. The zero-order valence-electron chi connectivity index (χ0n) is 15.2. The third kappa shape index (κ3) is 4.56. The highest BCUT2D eigenvalue weighted by Crippen LogP contribution is 2.46. The number of carboxylic acids is 1. The van der Waals surface area contributed by atoms with E-state index >= 15 is 0 Å². The van der Waals surface area contributed by atoms with Gasteiger partial charge < -0.3 is 15.2 Å². The Hall–Kier alpha value is -2.74. The van der Waals surface area contributed by atoms with Gasteiger partial charge in [0.05, 0.1) is 18.1 Å². The van der Waals surface area contributed by atoms with Gasteiger partial charge in [-0.15, -0.1) is 11.3 Å². The maximum Gasteiger partial charge on any atom is 0.341 e. The fraction of sp³-hybridized carbons (Fsp3) is 0.350. The summed E-state index contributed by atoms with van der Waals surface area (Å²) in [7, 11) is 0. The number of amides is 1. The molecule has 2 aromatic rings. The average molecular weight is 405 g/mol. The van der Waals surface area contributed by atoms with Crippen LogP contribution in [0.2, 0.25) is 0 Å². The summed E-state index contributed by atoms with van der Waals surface area (Å²) in [6.07, 6.45) is 1.64. The van der Waals surface area contributed by atoms with E-state index in [1.165, 1.54) is 23.5 Å². The largest absolute Gasteiger partial charge is 0.481 e. The smallest absolute Gasteiger partial charge is 0.341 e. The molecule has 1 aromatic carbocycles. The minimum atomic E-state index is -1.18. The Morgan fingerprint density at radius 3 is 2.54 bits per heavy atom. The number of benzene rings is 1. The molecule has 0 bridgehead atoms. The van der Waals surface area contributed by atoms with E-state index in [0.29, 0.717) is 22.0 Å². The molecule has 1 fully saturated rings. The molecule has 1 amide bonds. The van der Waals surface area contributed by atoms with Gasteiger partial charge in [0.25, 0.3) is 0 Å². The highest BCUT2D eigenvalue weighted by molar-refractivity contribution is 7.15. The lowest BCUT2D eigenvalue weighted by atomic mass is 9.95. The minimum absolute atomic E-state index is 0.220. The van der Waals surface area contributed by atoms with Crippen molar-refractivity contribution in [2.75, 3.05) is 11.9 Å². The Balaban J connectivity index is 1.77. The number of ether oxygens (including phenoxy) is 1. The molecule has 1 heterocycles. The van der Waals surface area contributed by atoms with Crippen LogP contribution in [-0.2, 0) is 14.3 Å². The van der Waals surface area contributed by atoms with E-state index in [0.717, 1.165) is 30.5 Å². The Bertz CT molecular complexity index is 889. The number of hydrogen-bond donors (Lipinski definition) is 2. The summed E-state index contributed by atoms with van der Waals surface area (Å²) in [6, 6.07) is 5.01. The third-order valence-electron chi connectivity index (χ3n) is 4.53. The number of carboxylic acid groups (broad SMARTS) is 1. The van der Waals surface area contributed by atoms with Crippen molar-refractivity contribution >= 4 is 34.2 Å². The minimum Gasteiger partial charge on any atom is -0.481 e. The maximum absolute atomic E-state index is 13.1. The van der Waals surface area contributed by atoms with Gasteiger partial charge in [0, 0.05) is 6.42 Å². The zero-order valence-corrected chi connectivity index (χ0v) is 16.1. The van der Waals surface area contributed by atoms with Gasteiger partial charge in [-0.25, -0.2) is 9.18 Å². The van der Waals surface area contributed by atoms with Gasteiger partial charge in [0.2, 0.25) is 5.91 Å². The first kappa shape index (κ1) is 20.0. The van der Waals surface area contributed by atoms with E-state index in [9.17, 15) is 23.9 Å². The first-order valence-electron chi connectivity index (χ1n) is 8.97. The van der Waals surface area contributed by atoms with E-state index < -0.39 is 29.6 Å². The molecule has 1 atom stereocenters. The van der Waals surface area contributed by atoms with Crippen molar-refractivity contribution in [3.8, 4) is 0 Å².